The maximum Gasteiger partial charge on any atom is 0.160 e. The van der Waals surface area contributed by atoms with Crippen molar-refractivity contribution in [2.24, 2.45) is 0 Å². The van der Waals surface area contributed by atoms with E-state index in [2.05, 4.69) is 224 Å². The smallest absolute Gasteiger partial charge is 0.160 e. The number of benzene rings is 9. The quantitative estimate of drug-likeness (QED) is 0.160. The Balaban J connectivity index is 1.12. The van der Waals surface area contributed by atoms with Gasteiger partial charge in [0, 0.05) is 36.9 Å². The Hall–Kier alpha value is -7.72. The lowest BCUT2D eigenvalue weighted by atomic mass is 9.67. The number of fused-ring (bicyclic) bond motifs is 6. The number of nitrogens with zero attached hydrogens (tertiary/aromatic N) is 2. The lowest BCUT2D eigenvalue weighted by molar-refractivity contribution is 0.768. The van der Waals surface area contributed by atoms with Gasteiger partial charge in [0.15, 0.2) is 5.82 Å². The average Bonchev–Trinajstić information content (AvgIpc) is 3.89. The van der Waals surface area contributed by atoms with Crippen LogP contribution in [0.3, 0.4) is 0 Å². The highest BCUT2D eigenvalue weighted by Gasteiger charge is 2.46. The van der Waals surface area contributed by atoms with Gasteiger partial charge >= 0.3 is 0 Å². The van der Waals surface area contributed by atoms with Crippen molar-refractivity contribution < 1.29 is 0 Å². The molecule has 9 aromatic carbocycles. The minimum absolute atomic E-state index is 0.496. The van der Waals surface area contributed by atoms with Gasteiger partial charge in [0.1, 0.15) is 0 Å². The molecule has 0 saturated carbocycles. The molecule has 290 valence electrons. The highest BCUT2D eigenvalue weighted by Crippen LogP contribution is 2.58. The van der Waals surface area contributed by atoms with Gasteiger partial charge in [-0.3, -0.25) is 0 Å². The SMILES string of the molecule is c1ccc(-c2cc(-c3cc(-c4cccc5c4sc4ccccc45)nc(-c4ccccc4)n3)cc(-c3cccc4c3-c3ccccc3C4(c3ccccc3)c3ccccc3)c2)cc1. The fourth-order valence-corrected chi connectivity index (χ4v) is 11.1. The lowest BCUT2D eigenvalue weighted by Crippen LogP contribution is -2.28. The third-order valence-electron chi connectivity index (χ3n) is 12.6. The van der Waals surface area contributed by atoms with E-state index >= 15 is 0 Å². The highest BCUT2D eigenvalue weighted by molar-refractivity contribution is 7.26. The molecule has 0 fully saturated rings. The summed E-state index contributed by atoms with van der Waals surface area (Å²) in [7, 11) is 0. The van der Waals surface area contributed by atoms with Crippen LogP contribution in [0.2, 0.25) is 0 Å². The predicted octanol–water partition coefficient (Wildman–Crippen LogP) is 15.5. The van der Waals surface area contributed by atoms with Crippen molar-refractivity contribution in [3.8, 4) is 67.3 Å². The van der Waals surface area contributed by atoms with Crippen molar-refractivity contribution in [3.05, 3.63) is 253 Å². The Morgan fingerprint density at radius 2 is 0.871 bits per heavy atom. The van der Waals surface area contributed by atoms with Crippen LogP contribution in [-0.2, 0) is 5.41 Å². The third kappa shape index (κ3) is 5.78. The second-order valence-corrected chi connectivity index (χ2v) is 17.1. The van der Waals surface area contributed by atoms with Crippen molar-refractivity contribution in [2.45, 2.75) is 5.41 Å². The summed E-state index contributed by atoms with van der Waals surface area (Å²) < 4.78 is 2.50. The molecule has 0 N–H and O–H groups in total. The van der Waals surface area contributed by atoms with Gasteiger partial charge in [-0.2, -0.15) is 0 Å². The van der Waals surface area contributed by atoms with Gasteiger partial charge in [-0.1, -0.05) is 200 Å². The number of rotatable bonds is 7. The molecule has 2 aromatic heterocycles. The van der Waals surface area contributed by atoms with E-state index in [1.165, 1.54) is 59.1 Å². The molecule has 11 aromatic rings. The number of aromatic nitrogens is 2. The molecular weight excluding hydrogens is 769 g/mol. The lowest BCUT2D eigenvalue weighted by Gasteiger charge is -2.34. The van der Waals surface area contributed by atoms with E-state index in [1.807, 2.05) is 17.4 Å². The Morgan fingerprint density at radius 3 is 1.63 bits per heavy atom. The first-order valence-electron chi connectivity index (χ1n) is 21.1. The molecule has 1 aliphatic carbocycles. The maximum atomic E-state index is 5.39. The largest absolute Gasteiger partial charge is 0.228 e. The Bertz CT molecular complexity index is 3410. The monoisotopic (exact) mass is 806 g/mol. The normalized spacial score (nSPS) is 12.6. The fraction of sp³-hybridized carbons (Fsp3) is 0.0169. The van der Waals surface area contributed by atoms with E-state index < -0.39 is 5.41 Å². The van der Waals surface area contributed by atoms with Gasteiger partial charge in [0.05, 0.1) is 16.8 Å². The molecule has 1 aliphatic rings. The van der Waals surface area contributed by atoms with Crippen LogP contribution in [0, 0.1) is 0 Å². The number of hydrogen-bond acceptors (Lipinski definition) is 3. The standard InChI is InChI=1S/C59H38N2S/c1-5-19-39(20-6-1)41-35-42(46-29-18-33-52-56(46)49-28-13-15-32-51(49)59(52,44-23-9-3-10-24-44)45-25-11-4-12-26-45)37-43(36-41)53-38-54(61-58(60-53)40-21-7-2-8-22-40)50-31-17-30-48-47-27-14-16-34-55(47)62-57(48)50/h1-38H. The molecule has 0 unspecified atom stereocenters. The molecule has 0 amide bonds. The van der Waals surface area contributed by atoms with E-state index in [9.17, 15) is 0 Å². The molecular formula is C59H38N2S. The van der Waals surface area contributed by atoms with E-state index in [0.717, 1.165) is 44.8 Å². The summed E-state index contributed by atoms with van der Waals surface area (Å²) in [4.78, 5) is 10.7. The van der Waals surface area contributed by atoms with Crippen molar-refractivity contribution >= 4 is 31.5 Å². The van der Waals surface area contributed by atoms with Crippen LogP contribution in [0.15, 0.2) is 231 Å². The topological polar surface area (TPSA) is 25.8 Å². The summed E-state index contributed by atoms with van der Waals surface area (Å²) >= 11 is 1.83. The Labute approximate surface area is 365 Å². The summed E-state index contributed by atoms with van der Waals surface area (Å²) in [5.41, 5.74) is 16.6. The minimum Gasteiger partial charge on any atom is -0.228 e. The van der Waals surface area contributed by atoms with Crippen molar-refractivity contribution in [3.63, 3.8) is 0 Å². The van der Waals surface area contributed by atoms with Crippen LogP contribution in [-0.4, -0.2) is 9.97 Å². The van der Waals surface area contributed by atoms with Gasteiger partial charge in [0.25, 0.3) is 0 Å². The van der Waals surface area contributed by atoms with Gasteiger partial charge in [-0.25, -0.2) is 9.97 Å². The summed E-state index contributed by atoms with van der Waals surface area (Å²) in [5.74, 6) is 0.702. The van der Waals surface area contributed by atoms with Gasteiger partial charge < -0.3 is 0 Å². The molecule has 0 aliphatic heterocycles. The zero-order valence-corrected chi connectivity index (χ0v) is 34.6. The number of hydrogen-bond donors (Lipinski definition) is 0. The first-order valence-corrected chi connectivity index (χ1v) is 22.0. The van der Waals surface area contributed by atoms with Crippen LogP contribution in [0.25, 0.3) is 87.5 Å². The predicted molar refractivity (Wildman–Crippen MR) is 259 cm³/mol. The van der Waals surface area contributed by atoms with E-state index in [-0.39, 0.29) is 0 Å². The fourth-order valence-electron chi connectivity index (χ4n) is 9.86. The molecule has 2 nitrogen and oxygen atoms in total. The van der Waals surface area contributed by atoms with Gasteiger partial charge in [-0.05, 0) is 86.0 Å². The minimum atomic E-state index is -0.496. The summed E-state index contributed by atoms with van der Waals surface area (Å²) in [6.07, 6.45) is 0. The summed E-state index contributed by atoms with van der Waals surface area (Å²) in [5, 5.41) is 2.52. The molecule has 2 heterocycles. The van der Waals surface area contributed by atoms with Crippen LogP contribution >= 0.6 is 11.3 Å². The first-order chi connectivity index (χ1) is 30.7. The van der Waals surface area contributed by atoms with Gasteiger partial charge in [0.2, 0.25) is 0 Å². The van der Waals surface area contributed by atoms with Crippen molar-refractivity contribution in [1.82, 2.24) is 9.97 Å². The molecule has 0 bridgehead atoms. The maximum absolute atomic E-state index is 5.39. The molecule has 62 heavy (non-hydrogen) atoms. The molecule has 0 atom stereocenters. The highest BCUT2D eigenvalue weighted by atomic mass is 32.1. The van der Waals surface area contributed by atoms with Crippen molar-refractivity contribution in [1.29, 1.82) is 0 Å². The van der Waals surface area contributed by atoms with Crippen LogP contribution in [0.5, 0.6) is 0 Å². The Morgan fingerprint density at radius 1 is 0.339 bits per heavy atom. The first kappa shape index (κ1) is 36.2. The Kier molecular flexibility index (Phi) is 8.62. The third-order valence-corrected chi connectivity index (χ3v) is 13.8. The van der Waals surface area contributed by atoms with Crippen LogP contribution in [0.4, 0.5) is 0 Å². The zero-order valence-electron chi connectivity index (χ0n) is 33.7. The number of thiophene rings is 1. The van der Waals surface area contributed by atoms with E-state index in [4.69, 9.17) is 9.97 Å². The van der Waals surface area contributed by atoms with Crippen LogP contribution < -0.4 is 0 Å². The van der Waals surface area contributed by atoms with E-state index in [0.29, 0.717) is 5.82 Å². The molecule has 12 rings (SSSR count). The van der Waals surface area contributed by atoms with Crippen LogP contribution in [0.1, 0.15) is 22.3 Å². The molecule has 0 saturated heterocycles. The van der Waals surface area contributed by atoms with Gasteiger partial charge in [-0.15, -0.1) is 11.3 Å². The second kappa shape index (κ2) is 14.8. The zero-order chi connectivity index (χ0) is 41.0. The average molecular weight is 807 g/mol. The summed E-state index contributed by atoms with van der Waals surface area (Å²) in [6, 6.07) is 83.5. The molecule has 0 spiro atoms. The molecule has 3 heteroatoms. The summed E-state index contributed by atoms with van der Waals surface area (Å²) in [6.45, 7) is 0. The molecule has 0 radical (unpaired) electrons. The van der Waals surface area contributed by atoms with E-state index in [1.54, 1.807) is 0 Å². The van der Waals surface area contributed by atoms with Crippen molar-refractivity contribution in [2.75, 3.05) is 0 Å². The second-order valence-electron chi connectivity index (χ2n) is 16.0.